The van der Waals surface area contributed by atoms with Gasteiger partial charge in [0, 0.05) is 49.4 Å². The molecule has 0 atom stereocenters. The summed E-state index contributed by atoms with van der Waals surface area (Å²) < 4.78 is 7.24. The van der Waals surface area contributed by atoms with Crippen molar-refractivity contribution in [2.45, 2.75) is 0 Å². The van der Waals surface area contributed by atoms with Crippen LogP contribution in [0.5, 0.6) is 0 Å². The Labute approximate surface area is 282 Å². The van der Waals surface area contributed by atoms with Crippen molar-refractivity contribution < 1.29 is 0 Å². The van der Waals surface area contributed by atoms with Gasteiger partial charge in [0.05, 0.1) is 33.1 Å². The maximum atomic E-state index is 2.45. The molecule has 0 unspecified atom stereocenters. The van der Waals surface area contributed by atoms with Gasteiger partial charge in [-0.2, -0.15) is 0 Å². The number of fused-ring (bicyclic) bond motifs is 10. The number of benzene rings is 8. The molecule has 11 rings (SSSR count). The van der Waals surface area contributed by atoms with Crippen LogP contribution in [0.3, 0.4) is 0 Å². The van der Waals surface area contributed by atoms with Gasteiger partial charge in [0.25, 0.3) is 0 Å². The topological polar surface area (TPSA) is 14.8 Å². The molecule has 49 heavy (non-hydrogen) atoms. The Balaban J connectivity index is 1.21. The third-order valence-electron chi connectivity index (χ3n) is 10.4. The Morgan fingerprint density at radius 1 is 0.224 bits per heavy atom. The minimum atomic E-state index is 1.16. The second kappa shape index (κ2) is 9.96. The van der Waals surface area contributed by atoms with Crippen molar-refractivity contribution in [2.24, 2.45) is 0 Å². The van der Waals surface area contributed by atoms with Crippen LogP contribution in [0.25, 0.3) is 93.3 Å². The Morgan fingerprint density at radius 2 is 0.592 bits per heavy atom. The maximum Gasteiger partial charge on any atom is 0.0547 e. The fourth-order valence-electron chi connectivity index (χ4n) is 8.27. The first kappa shape index (κ1) is 26.5. The lowest BCUT2D eigenvalue weighted by Crippen LogP contribution is -1.95. The summed E-state index contributed by atoms with van der Waals surface area (Å²) in [4.78, 5) is 0. The fraction of sp³-hybridized carbons (Fsp3) is 0. The van der Waals surface area contributed by atoms with Gasteiger partial charge in [-0.25, -0.2) is 0 Å². The maximum absolute atomic E-state index is 2.45. The first-order valence-electron chi connectivity index (χ1n) is 16.9. The lowest BCUT2D eigenvalue weighted by atomic mass is 10.0. The summed E-state index contributed by atoms with van der Waals surface area (Å²) in [7, 11) is 0. The molecular formula is C46H29N3. The van der Waals surface area contributed by atoms with Gasteiger partial charge in [0.1, 0.15) is 0 Å². The van der Waals surface area contributed by atoms with Crippen LogP contribution >= 0.6 is 0 Å². The zero-order chi connectivity index (χ0) is 32.1. The molecule has 0 saturated carbocycles. The predicted octanol–water partition coefficient (Wildman–Crippen LogP) is 12.1. The van der Waals surface area contributed by atoms with Crippen LogP contribution in [-0.2, 0) is 0 Å². The summed E-state index contributed by atoms with van der Waals surface area (Å²) >= 11 is 0. The molecule has 0 bridgehead atoms. The van der Waals surface area contributed by atoms with Gasteiger partial charge in [0.15, 0.2) is 0 Å². The minimum Gasteiger partial charge on any atom is -0.309 e. The Hall–Kier alpha value is -6.58. The molecule has 8 aromatic carbocycles. The third kappa shape index (κ3) is 3.73. The average molecular weight is 624 g/mol. The molecule has 11 aromatic rings. The number of nitrogens with zero attached hydrogens (tertiary/aromatic N) is 3. The molecule has 228 valence electrons. The average Bonchev–Trinajstić information content (AvgIpc) is 3.78. The molecule has 3 heteroatoms. The molecule has 0 N–H and O–H groups in total. The largest absolute Gasteiger partial charge is 0.309 e. The summed E-state index contributed by atoms with van der Waals surface area (Å²) in [5.74, 6) is 0. The molecule has 3 aromatic heterocycles. The van der Waals surface area contributed by atoms with Crippen molar-refractivity contribution in [3.63, 3.8) is 0 Å². The quantitative estimate of drug-likeness (QED) is 0.186. The molecule has 0 radical (unpaired) electrons. The summed E-state index contributed by atoms with van der Waals surface area (Å²) in [5, 5.41) is 10.0. The van der Waals surface area contributed by atoms with E-state index in [0.717, 1.165) is 5.69 Å². The van der Waals surface area contributed by atoms with Crippen molar-refractivity contribution in [2.75, 3.05) is 0 Å². The Morgan fingerprint density at radius 3 is 1.08 bits per heavy atom. The van der Waals surface area contributed by atoms with Crippen LogP contribution in [-0.4, -0.2) is 13.7 Å². The number of rotatable bonds is 3. The summed E-state index contributed by atoms with van der Waals surface area (Å²) in [6.45, 7) is 0. The summed E-state index contributed by atoms with van der Waals surface area (Å²) in [6.07, 6.45) is 0. The van der Waals surface area contributed by atoms with Gasteiger partial charge >= 0.3 is 0 Å². The molecule has 0 amide bonds. The van der Waals surface area contributed by atoms with Crippen LogP contribution < -0.4 is 0 Å². The van der Waals surface area contributed by atoms with Crippen molar-refractivity contribution in [3.8, 4) is 17.1 Å². The number of aromatic nitrogens is 3. The lowest BCUT2D eigenvalue weighted by molar-refractivity contribution is 1.17. The number of hydrogen-bond acceptors (Lipinski definition) is 0. The molecule has 3 heterocycles. The van der Waals surface area contributed by atoms with E-state index in [9.17, 15) is 0 Å². The highest BCUT2D eigenvalue weighted by Gasteiger charge is 2.18. The van der Waals surface area contributed by atoms with Gasteiger partial charge in [-0.1, -0.05) is 91.0 Å². The van der Waals surface area contributed by atoms with Crippen LogP contribution in [0.15, 0.2) is 176 Å². The Kier molecular flexibility index (Phi) is 5.38. The summed E-state index contributed by atoms with van der Waals surface area (Å²) in [5.41, 5.74) is 10.8. The smallest absolute Gasteiger partial charge is 0.0547 e. The number of hydrogen-bond donors (Lipinski definition) is 0. The molecule has 0 aliphatic rings. The van der Waals surface area contributed by atoms with E-state index in [2.05, 4.69) is 190 Å². The van der Waals surface area contributed by atoms with E-state index >= 15 is 0 Å². The molecule has 0 saturated heterocycles. The second-order valence-corrected chi connectivity index (χ2v) is 13.0. The van der Waals surface area contributed by atoms with Crippen molar-refractivity contribution in [1.82, 2.24) is 13.7 Å². The van der Waals surface area contributed by atoms with Crippen molar-refractivity contribution >= 4 is 76.2 Å². The van der Waals surface area contributed by atoms with Crippen LogP contribution in [0.1, 0.15) is 0 Å². The summed E-state index contributed by atoms with van der Waals surface area (Å²) in [6, 6.07) is 64.3. The van der Waals surface area contributed by atoms with Crippen molar-refractivity contribution in [3.05, 3.63) is 176 Å². The normalized spacial score (nSPS) is 12.1. The van der Waals surface area contributed by atoms with Crippen molar-refractivity contribution in [1.29, 1.82) is 0 Å². The SMILES string of the molecule is c1ccc(-n2c3ccccc3c3cc(-n4c5ccccc5c5cc6cc7c(cc6cc54)c4ccccc4n7-c4ccccc4)ccc32)cc1. The first-order valence-corrected chi connectivity index (χ1v) is 16.9. The lowest BCUT2D eigenvalue weighted by Gasteiger charge is -2.11. The zero-order valence-electron chi connectivity index (χ0n) is 26.6. The van der Waals surface area contributed by atoms with Gasteiger partial charge in [-0.05, 0) is 95.7 Å². The van der Waals surface area contributed by atoms with Gasteiger partial charge in [0.2, 0.25) is 0 Å². The van der Waals surface area contributed by atoms with E-state index in [4.69, 9.17) is 0 Å². The molecule has 0 aliphatic heterocycles. The highest BCUT2D eigenvalue weighted by Crippen LogP contribution is 2.40. The second-order valence-electron chi connectivity index (χ2n) is 13.0. The third-order valence-corrected chi connectivity index (χ3v) is 10.4. The molecule has 0 fully saturated rings. The molecule has 0 spiro atoms. The standard InChI is InChI=1S/C46H29N3/c1-3-13-32(14-4-1)47-41-20-10-9-19-37(41)40-29-34(23-24-44(40)47)49-43-22-12-8-18-36(43)39-26-30-27-45-38(25-31(30)28-46(39)49)35-17-7-11-21-42(35)48(45)33-15-5-2-6-16-33/h1-29H. The fourth-order valence-corrected chi connectivity index (χ4v) is 8.27. The van der Waals surface area contributed by atoms with E-state index in [1.165, 1.54) is 87.6 Å². The highest BCUT2D eigenvalue weighted by atomic mass is 15.0. The van der Waals surface area contributed by atoms with E-state index in [0.29, 0.717) is 0 Å². The van der Waals surface area contributed by atoms with Crippen LogP contribution in [0.2, 0.25) is 0 Å². The van der Waals surface area contributed by atoms with Gasteiger partial charge in [-0.15, -0.1) is 0 Å². The molecule has 3 nitrogen and oxygen atoms in total. The molecule has 0 aliphatic carbocycles. The van der Waals surface area contributed by atoms with E-state index < -0.39 is 0 Å². The Bertz CT molecular complexity index is 3090. The first-order chi connectivity index (χ1) is 24.3. The van der Waals surface area contributed by atoms with Crippen LogP contribution in [0.4, 0.5) is 0 Å². The predicted molar refractivity (Wildman–Crippen MR) is 207 cm³/mol. The van der Waals surface area contributed by atoms with E-state index in [-0.39, 0.29) is 0 Å². The minimum absolute atomic E-state index is 1.16. The van der Waals surface area contributed by atoms with E-state index in [1.807, 2.05) is 0 Å². The highest BCUT2D eigenvalue weighted by molar-refractivity contribution is 6.18. The monoisotopic (exact) mass is 623 g/mol. The van der Waals surface area contributed by atoms with Gasteiger partial charge in [-0.3, -0.25) is 0 Å². The molecular weight excluding hydrogens is 595 g/mol. The van der Waals surface area contributed by atoms with Crippen LogP contribution in [0, 0.1) is 0 Å². The number of para-hydroxylation sites is 5. The van der Waals surface area contributed by atoms with Gasteiger partial charge < -0.3 is 13.7 Å². The van der Waals surface area contributed by atoms with E-state index in [1.54, 1.807) is 0 Å². The zero-order valence-corrected chi connectivity index (χ0v) is 26.6.